The zero-order valence-electron chi connectivity index (χ0n) is 12.9. The number of ketones is 1. The Balaban J connectivity index is 2.57. The van der Waals surface area contributed by atoms with Gasteiger partial charge in [0.05, 0.1) is 13.2 Å². The van der Waals surface area contributed by atoms with Crippen LogP contribution < -0.4 is 9.47 Å². The van der Waals surface area contributed by atoms with Crippen molar-refractivity contribution in [3.05, 3.63) is 35.9 Å². The number of rotatable bonds is 7. The lowest BCUT2D eigenvalue weighted by atomic mass is 10.0. The third kappa shape index (κ3) is 3.54. The van der Waals surface area contributed by atoms with Crippen LogP contribution in [0.2, 0.25) is 0 Å². The predicted molar refractivity (Wildman–Crippen MR) is 85.5 cm³/mol. The number of carbonyl (C=O) groups is 1. The van der Waals surface area contributed by atoms with Crippen LogP contribution in [0.1, 0.15) is 44.0 Å². The number of Topliss-reactive ketones (excluding diaryl/α,β-unsaturated/α-hetero) is 1. The summed E-state index contributed by atoms with van der Waals surface area (Å²) < 4.78 is 11.6. The Morgan fingerprint density at radius 3 is 2.24 bits per heavy atom. The molecule has 3 nitrogen and oxygen atoms in total. The van der Waals surface area contributed by atoms with Crippen molar-refractivity contribution in [3.63, 3.8) is 0 Å². The average Bonchev–Trinajstić information content (AvgIpc) is 2.50. The molecule has 0 aliphatic rings. The summed E-state index contributed by atoms with van der Waals surface area (Å²) in [7, 11) is 0. The van der Waals surface area contributed by atoms with Crippen LogP contribution in [0.5, 0.6) is 11.5 Å². The van der Waals surface area contributed by atoms with Crippen LogP contribution >= 0.6 is 0 Å². The molecule has 0 amide bonds. The molecule has 2 aromatic carbocycles. The van der Waals surface area contributed by atoms with Gasteiger partial charge in [-0.2, -0.15) is 0 Å². The van der Waals surface area contributed by atoms with Crippen molar-refractivity contribution in [2.45, 2.75) is 33.6 Å². The summed E-state index contributed by atoms with van der Waals surface area (Å²) >= 11 is 0. The number of hydrogen-bond acceptors (Lipinski definition) is 3. The molecule has 3 heteroatoms. The molecule has 0 fully saturated rings. The monoisotopic (exact) mass is 286 g/mol. The first kappa shape index (κ1) is 15.4. The Morgan fingerprint density at radius 1 is 0.952 bits per heavy atom. The highest BCUT2D eigenvalue weighted by Gasteiger charge is 2.11. The van der Waals surface area contributed by atoms with E-state index in [-0.39, 0.29) is 5.78 Å². The van der Waals surface area contributed by atoms with E-state index in [2.05, 4.69) is 13.8 Å². The smallest absolute Gasteiger partial charge is 0.159 e. The van der Waals surface area contributed by atoms with Gasteiger partial charge in [-0.25, -0.2) is 0 Å². The second kappa shape index (κ2) is 7.11. The molecule has 0 heterocycles. The molecule has 0 N–H and O–H groups in total. The van der Waals surface area contributed by atoms with E-state index in [9.17, 15) is 4.79 Å². The van der Waals surface area contributed by atoms with Crippen LogP contribution in [-0.4, -0.2) is 19.0 Å². The molecule has 0 atom stereocenters. The molecule has 0 radical (unpaired) electrons. The van der Waals surface area contributed by atoms with Crippen LogP contribution in [-0.2, 0) is 0 Å². The Hall–Kier alpha value is -2.03. The second-order valence-electron chi connectivity index (χ2n) is 5.08. The minimum atomic E-state index is 0.0311. The van der Waals surface area contributed by atoms with Crippen LogP contribution in [0, 0.1) is 0 Å². The fourth-order valence-electron chi connectivity index (χ4n) is 2.20. The lowest BCUT2D eigenvalue weighted by molar-refractivity contribution is 0.101. The van der Waals surface area contributed by atoms with Gasteiger partial charge >= 0.3 is 0 Å². The maximum atomic E-state index is 11.7. The SMILES string of the molecule is CCCOc1cc(C(C)=O)cc2c(OCCC)cccc12. The number of hydrogen-bond donors (Lipinski definition) is 0. The van der Waals surface area contributed by atoms with Crippen molar-refractivity contribution in [1.29, 1.82) is 0 Å². The lowest BCUT2D eigenvalue weighted by Crippen LogP contribution is -2.01. The van der Waals surface area contributed by atoms with Gasteiger partial charge in [-0.15, -0.1) is 0 Å². The number of benzene rings is 2. The molecular formula is C18H22O3. The molecule has 2 rings (SSSR count). The van der Waals surface area contributed by atoms with Crippen molar-refractivity contribution in [2.24, 2.45) is 0 Å². The zero-order valence-corrected chi connectivity index (χ0v) is 12.9. The van der Waals surface area contributed by atoms with Gasteiger partial charge in [-0.3, -0.25) is 4.79 Å². The molecule has 0 unspecified atom stereocenters. The van der Waals surface area contributed by atoms with E-state index in [0.717, 1.165) is 35.1 Å². The average molecular weight is 286 g/mol. The molecule has 2 aromatic rings. The van der Waals surface area contributed by atoms with E-state index in [0.29, 0.717) is 18.8 Å². The predicted octanol–water partition coefficient (Wildman–Crippen LogP) is 4.62. The van der Waals surface area contributed by atoms with Crippen molar-refractivity contribution < 1.29 is 14.3 Å². The molecule has 21 heavy (non-hydrogen) atoms. The summed E-state index contributed by atoms with van der Waals surface area (Å²) in [5, 5.41) is 1.92. The van der Waals surface area contributed by atoms with Gasteiger partial charge in [0, 0.05) is 16.3 Å². The summed E-state index contributed by atoms with van der Waals surface area (Å²) in [6, 6.07) is 9.61. The van der Waals surface area contributed by atoms with Crippen LogP contribution in [0.3, 0.4) is 0 Å². The molecule has 0 aliphatic heterocycles. The fraction of sp³-hybridized carbons (Fsp3) is 0.389. The first-order valence-electron chi connectivity index (χ1n) is 7.50. The van der Waals surface area contributed by atoms with Crippen molar-refractivity contribution in [2.75, 3.05) is 13.2 Å². The summed E-state index contributed by atoms with van der Waals surface area (Å²) in [4.78, 5) is 11.7. The molecule has 0 spiro atoms. The van der Waals surface area contributed by atoms with E-state index in [1.807, 2.05) is 30.3 Å². The zero-order chi connectivity index (χ0) is 15.2. The Labute approximate surface area is 125 Å². The topological polar surface area (TPSA) is 35.5 Å². The lowest BCUT2D eigenvalue weighted by Gasteiger charge is -2.13. The highest BCUT2D eigenvalue weighted by molar-refractivity contribution is 6.02. The molecule has 0 aliphatic carbocycles. The number of ether oxygens (including phenoxy) is 2. The first-order valence-corrected chi connectivity index (χ1v) is 7.50. The molecular weight excluding hydrogens is 264 g/mol. The number of fused-ring (bicyclic) bond motifs is 1. The van der Waals surface area contributed by atoms with E-state index in [1.54, 1.807) is 6.92 Å². The summed E-state index contributed by atoms with van der Waals surface area (Å²) in [6.07, 6.45) is 1.87. The first-order chi connectivity index (χ1) is 10.2. The van der Waals surface area contributed by atoms with Crippen LogP contribution in [0.15, 0.2) is 30.3 Å². The van der Waals surface area contributed by atoms with Gasteiger partial charge in [0.2, 0.25) is 0 Å². The quantitative estimate of drug-likeness (QED) is 0.697. The van der Waals surface area contributed by atoms with Gasteiger partial charge in [0.15, 0.2) is 5.78 Å². The largest absolute Gasteiger partial charge is 0.493 e. The Bertz CT molecular complexity index is 632. The third-order valence-electron chi connectivity index (χ3n) is 3.25. The molecule has 112 valence electrons. The number of carbonyl (C=O) groups excluding carboxylic acids is 1. The van der Waals surface area contributed by atoms with Gasteiger partial charge in [-0.1, -0.05) is 26.0 Å². The minimum Gasteiger partial charge on any atom is -0.493 e. The van der Waals surface area contributed by atoms with Crippen LogP contribution in [0.4, 0.5) is 0 Å². The van der Waals surface area contributed by atoms with Crippen molar-refractivity contribution >= 4 is 16.6 Å². The maximum Gasteiger partial charge on any atom is 0.159 e. The van der Waals surface area contributed by atoms with E-state index >= 15 is 0 Å². The van der Waals surface area contributed by atoms with E-state index in [1.165, 1.54) is 0 Å². The standard InChI is InChI=1S/C18H22O3/c1-4-9-20-17-8-6-7-15-16(17)11-14(13(3)19)12-18(15)21-10-5-2/h6-8,11-12H,4-5,9-10H2,1-3H3. The van der Waals surface area contributed by atoms with Gasteiger partial charge in [-0.05, 0) is 38.0 Å². The minimum absolute atomic E-state index is 0.0311. The highest BCUT2D eigenvalue weighted by atomic mass is 16.5. The molecule has 0 bridgehead atoms. The van der Waals surface area contributed by atoms with Gasteiger partial charge in [0.25, 0.3) is 0 Å². The summed E-state index contributed by atoms with van der Waals surface area (Å²) in [5.41, 5.74) is 0.654. The van der Waals surface area contributed by atoms with E-state index in [4.69, 9.17) is 9.47 Å². The summed E-state index contributed by atoms with van der Waals surface area (Å²) in [5.74, 6) is 1.59. The molecule has 0 saturated heterocycles. The van der Waals surface area contributed by atoms with Gasteiger partial charge in [0.1, 0.15) is 11.5 Å². The Kier molecular flexibility index (Phi) is 5.20. The van der Waals surface area contributed by atoms with Crippen molar-refractivity contribution in [3.8, 4) is 11.5 Å². The molecule has 0 aromatic heterocycles. The third-order valence-corrected chi connectivity index (χ3v) is 3.25. The maximum absolute atomic E-state index is 11.7. The Morgan fingerprint density at radius 2 is 1.62 bits per heavy atom. The second-order valence-corrected chi connectivity index (χ2v) is 5.08. The van der Waals surface area contributed by atoms with Crippen LogP contribution in [0.25, 0.3) is 10.8 Å². The van der Waals surface area contributed by atoms with E-state index < -0.39 is 0 Å². The normalized spacial score (nSPS) is 10.6. The highest BCUT2D eigenvalue weighted by Crippen LogP contribution is 2.34. The van der Waals surface area contributed by atoms with Gasteiger partial charge < -0.3 is 9.47 Å². The molecule has 0 saturated carbocycles. The summed E-state index contributed by atoms with van der Waals surface area (Å²) in [6.45, 7) is 7.00. The fourth-order valence-corrected chi connectivity index (χ4v) is 2.20. The van der Waals surface area contributed by atoms with Crippen molar-refractivity contribution in [1.82, 2.24) is 0 Å².